The highest BCUT2D eigenvalue weighted by Gasteiger charge is 2.37. The number of thiazole rings is 2. The average molecular weight is 561 g/mol. The summed E-state index contributed by atoms with van der Waals surface area (Å²) in [5.41, 5.74) is 1.66. The van der Waals surface area contributed by atoms with Gasteiger partial charge >= 0.3 is 0 Å². The summed E-state index contributed by atoms with van der Waals surface area (Å²) >= 11 is 8.78. The summed E-state index contributed by atoms with van der Waals surface area (Å²) in [5, 5.41) is 7.50. The number of nitrogens with zero attached hydrogens (tertiary/aromatic N) is 4. The Hall–Kier alpha value is -2.60. The molecule has 37 heavy (non-hydrogen) atoms. The van der Waals surface area contributed by atoms with E-state index in [9.17, 15) is 14.4 Å². The smallest absolute Gasteiger partial charge is 0.280 e. The molecule has 2 aromatic heterocycles. The first-order valence-electron chi connectivity index (χ1n) is 12.2. The molecular weight excluding hydrogens is 532 g/mol. The van der Waals surface area contributed by atoms with Crippen molar-refractivity contribution in [3.05, 3.63) is 43.8 Å². The third-order valence-corrected chi connectivity index (χ3v) is 9.28. The van der Waals surface area contributed by atoms with E-state index >= 15 is 0 Å². The molecule has 0 radical (unpaired) electrons. The predicted molar refractivity (Wildman–Crippen MR) is 145 cm³/mol. The minimum Gasteiger partial charge on any atom is -0.349 e. The molecule has 2 N–H and O–H groups in total. The summed E-state index contributed by atoms with van der Waals surface area (Å²) in [7, 11) is 5.53. The Bertz CT molecular complexity index is 1360. The van der Waals surface area contributed by atoms with Crippen LogP contribution in [0.15, 0.2) is 18.2 Å². The first-order valence-corrected chi connectivity index (χ1v) is 14.2. The second-order valence-electron chi connectivity index (χ2n) is 9.91. The van der Waals surface area contributed by atoms with Gasteiger partial charge in [0.1, 0.15) is 0 Å². The van der Waals surface area contributed by atoms with E-state index in [4.69, 9.17) is 11.6 Å². The van der Waals surface area contributed by atoms with E-state index in [1.165, 1.54) is 22.7 Å². The van der Waals surface area contributed by atoms with Gasteiger partial charge in [0.2, 0.25) is 5.91 Å². The zero-order valence-electron chi connectivity index (χ0n) is 20.9. The van der Waals surface area contributed by atoms with Gasteiger partial charge in [0.25, 0.3) is 11.8 Å². The molecule has 1 saturated carbocycles. The van der Waals surface area contributed by atoms with E-state index in [1.807, 2.05) is 6.07 Å². The molecule has 0 saturated heterocycles. The van der Waals surface area contributed by atoms with Gasteiger partial charge in [-0.3, -0.25) is 14.4 Å². The van der Waals surface area contributed by atoms with Gasteiger partial charge in [-0.05, 0) is 44.5 Å². The molecular formula is C25H29ClN6O3S2. The Morgan fingerprint density at radius 1 is 1.05 bits per heavy atom. The summed E-state index contributed by atoms with van der Waals surface area (Å²) in [6.07, 6.45) is 2.46. The minimum absolute atomic E-state index is 0.0276. The fourth-order valence-electron chi connectivity index (χ4n) is 4.97. The lowest BCUT2D eigenvalue weighted by Crippen LogP contribution is -2.55. The van der Waals surface area contributed by atoms with Crippen LogP contribution in [0.5, 0.6) is 0 Å². The highest BCUT2D eigenvalue weighted by molar-refractivity contribution is 7.20. The van der Waals surface area contributed by atoms with Crippen molar-refractivity contribution < 1.29 is 14.4 Å². The minimum atomic E-state index is -0.411. The molecule has 1 fully saturated rings. The van der Waals surface area contributed by atoms with Gasteiger partial charge in [-0.2, -0.15) is 0 Å². The lowest BCUT2D eigenvalue weighted by atomic mass is 9.81. The second-order valence-corrected chi connectivity index (χ2v) is 12.5. The van der Waals surface area contributed by atoms with Gasteiger partial charge in [-0.15, -0.1) is 22.7 Å². The van der Waals surface area contributed by atoms with Crippen molar-refractivity contribution in [1.29, 1.82) is 0 Å². The number of aromatic nitrogens is 2. The van der Waals surface area contributed by atoms with E-state index < -0.39 is 6.04 Å². The van der Waals surface area contributed by atoms with E-state index in [-0.39, 0.29) is 29.7 Å². The molecule has 0 unspecified atom stereocenters. The monoisotopic (exact) mass is 560 g/mol. The van der Waals surface area contributed by atoms with Crippen molar-refractivity contribution in [2.45, 2.75) is 44.3 Å². The molecule has 3 heterocycles. The predicted octanol–water partition coefficient (Wildman–Crippen LogP) is 3.18. The lowest BCUT2D eigenvalue weighted by molar-refractivity contribution is -0.134. The van der Waals surface area contributed by atoms with Crippen molar-refractivity contribution in [3.63, 3.8) is 0 Å². The van der Waals surface area contributed by atoms with E-state index in [2.05, 4.69) is 32.5 Å². The number of likely N-dealkylation sites (N-methyl/N-ethyl adjacent to an activating group) is 1. The Morgan fingerprint density at radius 2 is 1.78 bits per heavy atom. The van der Waals surface area contributed by atoms with Crippen molar-refractivity contribution in [2.24, 2.45) is 5.92 Å². The lowest BCUT2D eigenvalue weighted by Gasteiger charge is -2.37. The highest BCUT2D eigenvalue weighted by atomic mass is 35.5. The molecule has 0 spiro atoms. The first kappa shape index (κ1) is 26.0. The highest BCUT2D eigenvalue weighted by Crippen LogP contribution is 2.30. The largest absolute Gasteiger partial charge is 0.349 e. The summed E-state index contributed by atoms with van der Waals surface area (Å²) in [4.78, 5) is 53.1. The molecule has 1 aliphatic heterocycles. The molecule has 196 valence electrons. The molecule has 1 aliphatic carbocycles. The number of hydrogen-bond donors (Lipinski definition) is 2. The van der Waals surface area contributed by atoms with Crippen LogP contribution in [0.25, 0.3) is 10.2 Å². The third-order valence-electron chi connectivity index (χ3n) is 6.93. The third kappa shape index (κ3) is 5.64. The van der Waals surface area contributed by atoms with Gasteiger partial charge in [-0.1, -0.05) is 11.6 Å². The Kier molecular flexibility index (Phi) is 7.49. The zero-order chi connectivity index (χ0) is 26.3. The van der Waals surface area contributed by atoms with Crippen molar-refractivity contribution >= 4 is 62.2 Å². The number of carbonyl (C=O) groups is 3. The van der Waals surface area contributed by atoms with E-state index in [1.54, 1.807) is 31.1 Å². The summed E-state index contributed by atoms with van der Waals surface area (Å²) in [6, 6.07) is 4.60. The summed E-state index contributed by atoms with van der Waals surface area (Å²) in [6.45, 7) is 1.70. The normalized spacial score (nSPS) is 21.9. The topological polar surface area (TPSA) is 108 Å². The van der Waals surface area contributed by atoms with Crippen LogP contribution in [-0.2, 0) is 17.8 Å². The van der Waals surface area contributed by atoms with Crippen LogP contribution in [-0.4, -0.2) is 77.3 Å². The maximum absolute atomic E-state index is 13.3. The molecule has 3 aromatic rings. The number of carbonyl (C=O) groups excluding carboxylic acids is 3. The molecule has 9 nitrogen and oxygen atoms in total. The van der Waals surface area contributed by atoms with Gasteiger partial charge in [-0.25, -0.2) is 9.97 Å². The number of amides is 3. The molecule has 12 heteroatoms. The molecule has 3 amide bonds. The number of fused-ring (bicyclic) bond motifs is 2. The van der Waals surface area contributed by atoms with E-state index in [0.717, 1.165) is 34.8 Å². The molecule has 3 atom stereocenters. The molecule has 5 rings (SSSR count). The Balaban J connectivity index is 1.34. The first-order chi connectivity index (χ1) is 17.7. The van der Waals surface area contributed by atoms with Gasteiger partial charge in [0, 0.05) is 55.5 Å². The SMILES string of the molecule is CN1CCc2nc(C(=O)N[C@@H]3C[C@@H](C(=O)N(C)C)CC[C@@H]3NC(=O)c3nc4cc(Cl)ccc4s3)sc2C1. The Labute approximate surface area is 228 Å². The fraction of sp³-hybridized carbons (Fsp3) is 0.480. The average Bonchev–Trinajstić information content (AvgIpc) is 3.48. The maximum atomic E-state index is 13.3. The number of rotatable bonds is 5. The fourth-order valence-corrected chi connectivity index (χ4v) is 7.08. The number of nitrogens with one attached hydrogen (secondary N) is 2. The summed E-state index contributed by atoms with van der Waals surface area (Å²) in [5.74, 6) is -0.762. The van der Waals surface area contributed by atoms with Crippen LogP contribution in [0.3, 0.4) is 0 Å². The number of hydrogen-bond acceptors (Lipinski definition) is 8. The molecule has 1 aromatic carbocycles. The summed E-state index contributed by atoms with van der Waals surface area (Å²) < 4.78 is 0.873. The van der Waals surface area contributed by atoms with Gasteiger partial charge in [0.05, 0.1) is 22.0 Å². The van der Waals surface area contributed by atoms with Crippen LogP contribution in [0.4, 0.5) is 0 Å². The van der Waals surface area contributed by atoms with Crippen LogP contribution < -0.4 is 10.6 Å². The van der Waals surface area contributed by atoms with Crippen molar-refractivity contribution in [1.82, 2.24) is 30.4 Å². The van der Waals surface area contributed by atoms with E-state index in [0.29, 0.717) is 39.8 Å². The zero-order valence-corrected chi connectivity index (χ0v) is 23.3. The number of benzene rings is 1. The van der Waals surface area contributed by atoms with Gasteiger partial charge < -0.3 is 20.4 Å². The number of halogens is 1. The maximum Gasteiger partial charge on any atom is 0.280 e. The van der Waals surface area contributed by atoms with Crippen LogP contribution in [0.1, 0.15) is 49.4 Å². The van der Waals surface area contributed by atoms with Crippen LogP contribution in [0.2, 0.25) is 5.02 Å². The quantitative estimate of drug-likeness (QED) is 0.496. The van der Waals surface area contributed by atoms with Gasteiger partial charge in [0.15, 0.2) is 10.0 Å². The standard InChI is InChI=1S/C25H29ClN6O3S2/c1-31(2)25(35)13-4-6-15(27-21(33)24-30-18-11-14(26)5-7-19(18)36-24)17(10-13)28-22(34)23-29-16-8-9-32(3)12-20(16)37-23/h5,7,11,13,15,17H,4,6,8-10,12H2,1-3H3,(H,27,33)(H,28,34)/t13-,15-,17+/m0/s1. The molecule has 2 aliphatic rings. The van der Waals surface area contributed by atoms with Crippen LogP contribution in [0, 0.1) is 5.92 Å². The van der Waals surface area contributed by atoms with Crippen LogP contribution >= 0.6 is 34.3 Å². The Morgan fingerprint density at radius 3 is 2.54 bits per heavy atom. The van der Waals surface area contributed by atoms with Crippen molar-refractivity contribution in [2.75, 3.05) is 27.7 Å². The van der Waals surface area contributed by atoms with Crippen molar-refractivity contribution in [3.8, 4) is 0 Å². The molecule has 0 bridgehead atoms. The second kappa shape index (κ2) is 10.6.